The van der Waals surface area contributed by atoms with Gasteiger partial charge < -0.3 is 5.32 Å². The number of aromatic nitrogens is 1. The van der Waals surface area contributed by atoms with Gasteiger partial charge in [0.05, 0.1) is 16.3 Å². The average molecular weight is 347 g/mol. The quantitative estimate of drug-likeness (QED) is 0.673. The molecule has 4 heteroatoms. The third kappa shape index (κ3) is 2.86. The van der Waals surface area contributed by atoms with Crippen molar-refractivity contribution in [1.82, 2.24) is 4.98 Å². The molecule has 102 valence electrons. The summed E-state index contributed by atoms with van der Waals surface area (Å²) in [5.41, 5.74) is 3.59. The summed E-state index contributed by atoms with van der Waals surface area (Å²) in [6, 6.07) is 15.0. The maximum Gasteiger partial charge on any atom is 0.184 e. The lowest BCUT2D eigenvalue weighted by Crippen LogP contribution is -2.05. The fourth-order valence-electron chi connectivity index (χ4n) is 2.11. The highest BCUT2D eigenvalue weighted by atomic mass is 79.9. The fourth-order valence-corrected chi connectivity index (χ4v) is 3.43. The summed E-state index contributed by atoms with van der Waals surface area (Å²) >= 11 is 5.17. The van der Waals surface area contributed by atoms with E-state index in [4.69, 9.17) is 0 Å². The average Bonchev–Trinajstić information content (AvgIpc) is 2.80. The Morgan fingerprint density at radius 2 is 1.90 bits per heavy atom. The number of thiazole rings is 1. The van der Waals surface area contributed by atoms with E-state index in [1.807, 2.05) is 0 Å². The van der Waals surface area contributed by atoms with Crippen LogP contribution in [0, 0.1) is 6.92 Å². The van der Waals surface area contributed by atoms with Gasteiger partial charge >= 0.3 is 0 Å². The first-order chi connectivity index (χ1) is 9.61. The predicted octanol–water partition coefficient (Wildman–Crippen LogP) is 5.54. The Morgan fingerprint density at radius 1 is 1.15 bits per heavy atom. The number of hydrogen-bond donors (Lipinski definition) is 1. The van der Waals surface area contributed by atoms with Gasteiger partial charge in [-0.1, -0.05) is 45.5 Å². The maximum atomic E-state index is 4.64. The summed E-state index contributed by atoms with van der Waals surface area (Å²) in [5.74, 6) is 0. The van der Waals surface area contributed by atoms with Crippen LogP contribution < -0.4 is 5.32 Å². The number of rotatable bonds is 3. The summed E-state index contributed by atoms with van der Waals surface area (Å²) in [5, 5.41) is 4.45. The molecular weight excluding hydrogens is 332 g/mol. The second kappa shape index (κ2) is 5.54. The van der Waals surface area contributed by atoms with Crippen LogP contribution in [-0.2, 0) is 0 Å². The number of nitrogens with one attached hydrogen (secondary N) is 1. The predicted molar refractivity (Wildman–Crippen MR) is 90.5 cm³/mol. The molecule has 3 aromatic rings. The summed E-state index contributed by atoms with van der Waals surface area (Å²) < 4.78 is 2.33. The van der Waals surface area contributed by atoms with Crippen LogP contribution in [0.2, 0.25) is 0 Å². The molecule has 2 nitrogen and oxygen atoms in total. The number of halogens is 1. The van der Waals surface area contributed by atoms with Crippen LogP contribution in [0.25, 0.3) is 10.2 Å². The van der Waals surface area contributed by atoms with E-state index in [1.54, 1.807) is 11.3 Å². The third-order valence-corrected chi connectivity index (χ3v) is 4.73. The zero-order valence-corrected chi connectivity index (χ0v) is 13.8. The molecule has 2 aromatic carbocycles. The molecule has 1 unspecified atom stereocenters. The van der Waals surface area contributed by atoms with E-state index in [1.165, 1.54) is 15.8 Å². The van der Waals surface area contributed by atoms with Gasteiger partial charge in [-0.3, -0.25) is 0 Å². The van der Waals surface area contributed by atoms with Crippen molar-refractivity contribution in [2.24, 2.45) is 0 Å². The van der Waals surface area contributed by atoms with Crippen LogP contribution in [0.1, 0.15) is 24.1 Å². The van der Waals surface area contributed by atoms with E-state index in [0.29, 0.717) is 0 Å². The van der Waals surface area contributed by atoms with Gasteiger partial charge in [-0.25, -0.2) is 4.98 Å². The van der Waals surface area contributed by atoms with Gasteiger partial charge in [0.25, 0.3) is 0 Å². The molecule has 1 N–H and O–H groups in total. The van der Waals surface area contributed by atoms with Crippen molar-refractivity contribution in [2.75, 3.05) is 5.32 Å². The molecule has 20 heavy (non-hydrogen) atoms. The first-order valence-corrected chi connectivity index (χ1v) is 8.12. The smallest absolute Gasteiger partial charge is 0.184 e. The molecule has 1 atom stereocenters. The lowest BCUT2D eigenvalue weighted by molar-refractivity contribution is 0.882. The van der Waals surface area contributed by atoms with Crippen molar-refractivity contribution in [3.8, 4) is 0 Å². The first-order valence-electron chi connectivity index (χ1n) is 6.51. The Hall–Kier alpha value is -1.39. The van der Waals surface area contributed by atoms with Crippen molar-refractivity contribution in [3.63, 3.8) is 0 Å². The van der Waals surface area contributed by atoms with Gasteiger partial charge in [0.15, 0.2) is 5.13 Å². The minimum Gasteiger partial charge on any atom is -0.355 e. The van der Waals surface area contributed by atoms with E-state index in [9.17, 15) is 0 Å². The molecule has 0 saturated carbocycles. The van der Waals surface area contributed by atoms with E-state index < -0.39 is 0 Å². The van der Waals surface area contributed by atoms with Crippen molar-refractivity contribution in [1.29, 1.82) is 0 Å². The standard InChI is InChI=1S/C16H15BrN2S/c1-10-3-8-14-15(9-10)20-16(19-14)18-11(2)12-4-6-13(17)7-5-12/h3-9,11H,1-2H3,(H,18,19). The summed E-state index contributed by atoms with van der Waals surface area (Å²) in [6.45, 7) is 4.26. The van der Waals surface area contributed by atoms with E-state index in [0.717, 1.165) is 15.1 Å². The fraction of sp³-hybridized carbons (Fsp3) is 0.188. The minimum absolute atomic E-state index is 0.241. The van der Waals surface area contributed by atoms with Crippen LogP contribution in [0.4, 0.5) is 5.13 Å². The van der Waals surface area contributed by atoms with Gasteiger partial charge in [0.1, 0.15) is 0 Å². The highest BCUT2D eigenvalue weighted by Crippen LogP contribution is 2.29. The van der Waals surface area contributed by atoms with Crippen LogP contribution in [0.15, 0.2) is 46.9 Å². The third-order valence-electron chi connectivity index (χ3n) is 3.25. The Labute approximate surface area is 131 Å². The minimum atomic E-state index is 0.241. The van der Waals surface area contributed by atoms with E-state index in [2.05, 4.69) is 82.5 Å². The van der Waals surface area contributed by atoms with Gasteiger partial charge in [0.2, 0.25) is 0 Å². The molecular formula is C16H15BrN2S. The normalized spacial score (nSPS) is 12.6. The van der Waals surface area contributed by atoms with Gasteiger partial charge in [-0.15, -0.1) is 0 Å². The first kappa shape index (κ1) is 13.6. The molecule has 0 fully saturated rings. The van der Waals surface area contributed by atoms with Crippen LogP contribution in [-0.4, -0.2) is 4.98 Å². The van der Waals surface area contributed by atoms with Crippen LogP contribution >= 0.6 is 27.3 Å². The Kier molecular flexibility index (Phi) is 3.76. The second-order valence-corrected chi connectivity index (χ2v) is 6.85. The molecule has 0 saturated heterocycles. The molecule has 0 amide bonds. The van der Waals surface area contributed by atoms with Crippen molar-refractivity contribution >= 4 is 42.6 Å². The Morgan fingerprint density at radius 3 is 2.65 bits per heavy atom. The van der Waals surface area contributed by atoms with Crippen molar-refractivity contribution in [2.45, 2.75) is 19.9 Å². The van der Waals surface area contributed by atoms with Crippen LogP contribution in [0.5, 0.6) is 0 Å². The molecule has 1 aromatic heterocycles. The Bertz CT molecular complexity index is 734. The zero-order chi connectivity index (χ0) is 14.1. The molecule has 3 rings (SSSR count). The number of aryl methyl sites for hydroxylation is 1. The zero-order valence-electron chi connectivity index (χ0n) is 11.4. The van der Waals surface area contributed by atoms with E-state index in [-0.39, 0.29) is 6.04 Å². The van der Waals surface area contributed by atoms with Crippen LogP contribution in [0.3, 0.4) is 0 Å². The summed E-state index contributed by atoms with van der Waals surface area (Å²) in [4.78, 5) is 4.64. The monoisotopic (exact) mass is 346 g/mol. The van der Waals surface area contributed by atoms with E-state index >= 15 is 0 Å². The summed E-state index contributed by atoms with van der Waals surface area (Å²) in [6.07, 6.45) is 0. The number of hydrogen-bond acceptors (Lipinski definition) is 3. The van der Waals surface area contributed by atoms with Gasteiger partial charge in [0, 0.05) is 4.47 Å². The largest absolute Gasteiger partial charge is 0.355 e. The van der Waals surface area contributed by atoms with Gasteiger partial charge in [-0.05, 0) is 49.2 Å². The molecule has 0 bridgehead atoms. The Balaban J connectivity index is 1.83. The molecule has 0 radical (unpaired) electrons. The highest BCUT2D eigenvalue weighted by Gasteiger charge is 2.09. The maximum absolute atomic E-state index is 4.64. The van der Waals surface area contributed by atoms with Crippen molar-refractivity contribution < 1.29 is 0 Å². The van der Waals surface area contributed by atoms with Crippen molar-refractivity contribution in [3.05, 3.63) is 58.1 Å². The van der Waals surface area contributed by atoms with Gasteiger partial charge in [-0.2, -0.15) is 0 Å². The molecule has 0 aliphatic carbocycles. The molecule has 0 aliphatic rings. The lowest BCUT2D eigenvalue weighted by Gasteiger charge is -2.13. The molecule has 1 heterocycles. The lowest BCUT2D eigenvalue weighted by atomic mass is 10.1. The highest BCUT2D eigenvalue weighted by molar-refractivity contribution is 9.10. The number of benzene rings is 2. The number of anilines is 1. The second-order valence-electron chi connectivity index (χ2n) is 4.91. The number of fused-ring (bicyclic) bond motifs is 1. The molecule has 0 aliphatic heterocycles. The SMILES string of the molecule is Cc1ccc2nc(NC(C)c3ccc(Br)cc3)sc2c1. The summed E-state index contributed by atoms with van der Waals surface area (Å²) in [7, 11) is 0. The molecule has 0 spiro atoms. The topological polar surface area (TPSA) is 24.9 Å². The number of nitrogens with zero attached hydrogens (tertiary/aromatic N) is 1.